The van der Waals surface area contributed by atoms with E-state index in [9.17, 15) is 0 Å². The van der Waals surface area contributed by atoms with Gasteiger partial charge in [0.2, 0.25) is 0 Å². The van der Waals surface area contributed by atoms with Gasteiger partial charge in [-0.25, -0.2) is 0 Å². The maximum atomic E-state index is 5.64. The van der Waals surface area contributed by atoms with Crippen molar-refractivity contribution < 1.29 is 4.74 Å². The minimum atomic E-state index is 0.638. The van der Waals surface area contributed by atoms with Crippen LogP contribution in [0, 0.1) is 17.8 Å². The topological polar surface area (TPSA) is 36.5 Å². The summed E-state index contributed by atoms with van der Waals surface area (Å²) in [5.74, 6) is 3.42. The normalized spacial score (nSPS) is 29.8. The van der Waals surface area contributed by atoms with Gasteiger partial charge in [-0.3, -0.25) is 15.8 Å². The molecule has 4 nitrogen and oxygen atoms in total. The van der Waals surface area contributed by atoms with Gasteiger partial charge in [0.25, 0.3) is 0 Å². The molecule has 3 unspecified atom stereocenters. The number of hydrazine groups is 1. The Morgan fingerprint density at radius 3 is 3.12 bits per heavy atom. The van der Waals surface area contributed by atoms with Crippen LogP contribution in [0.4, 0.5) is 0 Å². The van der Waals surface area contributed by atoms with Gasteiger partial charge >= 0.3 is 0 Å². The first-order valence-corrected chi connectivity index (χ1v) is 10.1. The molecule has 1 aromatic rings. The second kappa shape index (κ2) is 7.65. The van der Waals surface area contributed by atoms with E-state index in [-0.39, 0.29) is 0 Å². The van der Waals surface area contributed by atoms with Crippen molar-refractivity contribution in [3.8, 4) is 5.75 Å². The van der Waals surface area contributed by atoms with Gasteiger partial charge in [-0.1, -0.05) is 26.0 Å². The predicted molar refractivity (Wildman–Crippen MR) is 102 cm³/mol. The van der Waals surface area contributed by atoms with Crippen molar-refractivity contribution in [1.29, 1.82) is 0 Å². The fourth-order valence-corrected chi connectivity index (χ4v) is 5.02. The molecule has 0 spiro atoms. The number of nitrogens with one attached hydrogen (secondary N) is 2. The van der Waals surface area contributed by atoms with Crippen molar-refractivity contribution in [3.63, 3.8) is 0 Å². The van der Waals surface area contributed by atoms with Crippen LogP contribution in [0.1, 0.15) is 44.2 Å². The molecule has 2 saturated heterocycles. The largest absolute Gasteiger partial charge is 0.493 e. The number of likely N-dealkylation sites (tertiary alicyclic amines) is 1. The summed E-state index contributed by atoms with van der Waals surface area (Å²) in [4.78, 5) is 2.66. The molecule has 3 heterocycles. The SMILES string of the molecule is CC(C)CC1CNNC1C1CCCN(Cc2ccc3c(c2)CCO3)C1. The molecule has 1 aromatic carbocycles. The van der Waals surface area contributed by atoms with Crippen LogP contribution in [0.25, 0.3) is 0 Å². The van der Waals surface area contributed by atoms with Gasteiger partial charge in [-0.05, 0) is 60.8 Å². The van der Waals surface area contributed by atoms with Crippen molar-refractivity contribution in [3.05, 3.63) is 29.3 Å². The lowest BCUT2D eigenvalue weighted by molar-refractivity contribution is 0.128. The van der Waals surface area contributed by atoms with Gasteiger partial charge in [0.05, 0.1) is 6.61 Å². The Hall–Kier alpha value is -1.10. The van der Waals surface area contributed by atoms with Gasteiger partial charge in [0.1, 0.15) is 5.75 Å². The van der Waals surface area contributed by atoms with Gasteiger partial charge in [0.15, 0.2) is 0 Å². The number of fused-ring (bicyclic) bond motifs is 1. The molecule has 4 rings (SSSR count). The zero-order chi connectivity index (χ0) is 17.2. The molecule has 3 aliphatic rings. The molecule has 0 bridgehead atoms. The van der Waals surface area contributed by atoms with Crippen LogP contribution in [0.15, 0.2) is 18.2 Å². The quantitative estimate of drug-likeness (QED) is 0.862. The molecule has 4 heteroatoms. The van der Waals surface area contributed by atoms with E-state index >= 15 is 0 Å². The molecule has 25 heavy (non-hydrogen) atoms. The minimum Gasteiger partial charge on any atom is -0.493 e. The van der Waals surface area contributed by atoms with Crippen LogP contribution in [0.3, 0.4) is 0 Å². The van der Waals surface area contributed by atoms with Crippen LogP contribution in [-0.2, 0) is 13.0 Å². The maximum absolute atomic E-state index is 5.64. The highest BCUT2D eigenvalue weighted by molar-refractivity contribution is 5.39. The summed E-state index contributed by atoms with van der Waals surface area (Å²) in [7, 11) is 0. The second-order valence-corrected chi connectivity index (χ2v) is 8.62. The maximum Gasteiger partial charge on any atom is 0.122 e. The third-order valence-corrected chi connectivity index (χ3v) is 6.12. The zero-order valence-corrected chi connectivity index (χ0v) is 15.8. The smallest absolute Gasteiger partial charge is 0.122 e. The van der Waals surface area contributed by atoms with Crippen molar-refractivity contribution >= 4 is 0 Å². The Kier molecular flexibility index (Phi) is 5.30. The van der Waals surface area contributed by atoms with Crippen LogP contribution < -0.4 is 15.6 Å². The molecular weight excluding hydrogens is 310 g/mol. The first kappa shape index (κ1) is 17.3. The third-order valence-electron chi connectivity index (χ3n) is 6.12. The molecule has 0 radical (unpaired) electrons. The molecule has 0 aromatic heterocycles. The Morgan fingerprint density at radius 1 is 1.32 bits per heavy atom. The van der Waals surface area contributed by atoms with E-state index < -0.39 is 0 Å². The highest BCUT2D eigenvalue weighted by Gasteiger charge is 2.35. The van der Waals surface area contributed by atoms with E-state index in [1.54, 1.807) is 0 Å². The number of piperidine rings is 1. The summed E-state index contributed by atoms with van der Waals surface area (Å²) in [6, 6.07) is 7.42. The number of rotatable bonds is 5. The van der Waals surface area contributed by atoms with E-state index in [0.29, 0.717) is 6.04 Å². The Bertz CT molecular complexity index is 589. The number of ether oxygens (including phenoxy) is 1. The monoisotopic (exact) mass is 343 g/mol. The lowest BCUT2D eigenvalue weighted by atomic mass is 9.81. The van der Waals surface area contributed by atoms with Crippen LogP contribution in [0.5, 0.6) is 5.75 Å². The van der Waals surface area contributed by atoms with E-state index in [0.717, 1.165) is 49.6 Å². The fourth-order valence-electron chi connectivity index (χ4n) is 5.02. The van der Waals surface area contributed by atoms with Gasteiger partial charge in [0, 0.05) is 32.1 Å². The Balaban J connectivity index is 1.37. The first-order chi connectivity index (χ1) is 12.2. The number of benzene rings is 1. The van der Waals surface area contributed by atoms with Crippen LogP contribution in [-0.4, -0.2) is 37.2 Å². The van der Waals surface area contributed by atoms with Crippen LogP contribution in [0.2, 0.25) is 0 Å². The number of hydrogen-bond acceptors (Lipinski definition) is 4. The van der Waals surface area contributed by atoms with Crippen molar-refractivity contribution in [2.45, 2.75) is 52.1 Å². The molecule has 0 saturated carbocycles. The second-order valence-electron chi connectivity index (χ2n) is 8.62. The lowest BCUT2D eigenvalue weighted by Gasteiger charge is -2.37. The van der Waals surface area contributed by atoms with Crippen molar-refractivity contribution in [2.24, 2.45) is 17.8 Å². The van der Waals surface area contributed by atoms with E-state index in [1.165, 1.54) is 43.5 Å². The summed E-state index contributed by atoms with van der Waals surface area (Å²) in [6.07, 6.45) is 5.08. The summed E-state index contributed by atoms with van der Waals surface area (Å²) in [5, 5.41) is 0. The van der Waals surface area contributed by atoms with Gasteiger partial charge < -0.3 is 4.74 Å². The molecular formula is C21H33N3O. The van der Waals surface area contributed by atoms with E-state index in [4.69, 9.17) is 4.74 Å². The van der Waals surface area contributed by atoms with Crippen molar-refractivity contribution in [2.75, 3.05) is 26.2 Å². The molecule has 0 amide bonds. The summed E-state index contributed by atoms with van der Waals surface area (Å²) in [5.41, 5.74) is 9.88. The lowest BCUT2D eigenvalue weighted by Crippen LogP contribution is -2.46. The standard InChI is InChI=1S/C21H33N3O/c1-15(2)10-19-12-22-23-21(19)18-4-3-8-24(14-18)13-16-5-6-20-17(11-16)7-9-25-20/h5-6,11,15,18-19,21-23H,3-4,7-10,12-14H2,1-2H3. The molecule has 0 aliphatic carbocycles. The third kappa shape index (κ3) is 4.02. The highest BCUT2D eigenvalue weighted by atomic mass is 16.5. The highest BCUT2D eigenvalue weighted by Crippen LogP contribution is 2.31. The molecule has 2 fully saturated rings. The number of hydrogen-bond donors (Lipinski definition) is 2. The minimum absolute atomic E-state index is 0.638. The summed E-state index contributed by atoms with van der Waals surface area (Å²) >= 11 is 0. The first-order valence-electron chi connectivity index (χ1n) is 10.1. The number of nitrogens with zero attached hydrogens (tertiary/aromatic N) is 1. The average Bonchev–Trinajstić information content (AvgIpc) is 3.23. The van der Waals surface area contributed by atoms with Crippen molar-refractivity contribution in [1.82, 2.24) is 15.8 Å². The van der Waals surface area contributed by atoms with E-state index in [2.05, 4.69) is 47.8 Å². The predicted octanol–water partition coefficient (Wildman–Crippen LogP) is 2.97. The fraction of sp³-hybridized carbons (Fsp3) is 0.714. The van der Waals surface area contributed by atoms with Gasteiger partial charge in [-0.2, -0.15) is 0 Å². The molecule has 2 N–H and O–H groups in total. The molecule has 138 valence electrons. The zero-order valence-electron chi connectivity index (χ0n) is 15.8. The summed E-state index contributed by atoms with van der Waals surface area (Å²) in [6.45, 7) is 10.2. The van der Waals surface area contributed by atoms with E-state index in [1.807, 2.05) is 0 Å². The molecule has 3 aliphatic heterocycles. The summed E-state index contributed by atoms with van der Waals surface area (Å²) < 4.78 is 5.64. The van der Waals surface area contributed by atoms with Gasteiger partial charge in [-0.15, -0.1) is 0 Å². The average molecular weight is 344 g/mol. The molecule has 3 atom stereocenters. The Morgan fingerprint density at radius 2 is 2.24 bits per heavy atom. The Labute approximate surface area is 152 Å². The van der Waals surface area contributed by atoms with Crippen LogP contribution >= 0.6 is 0 Å².